The fourth-order valence-electron chi connectivity index (χ4n) is 1.17. The van der Waals surface area contributed by atoms with Gasteiger partial charge in [0.1, 0.15) is 5.71 Å². The molecule has 1 aliphatic rings. The first kappa shape index (κ1) is 9.85. The van der Waals surface area contributed by atoms with E-state index in [1.807, 2.05) is 6.92 Å². The molecule has 1 aliphatic heterocycles. The summed E-state index contributed by atoms with van der Waals surface area (Å²) in [5.41, 5.74) is 3.31. The van der Waals surface area contributed by atoms with Crippen LogP contribution < -0.4 is 5.43 Å². The smallest absolute Gasteiger partial charge is 0.283 e. The van der Waals surface area contributed by atoms with Gasteiger partial charge in [-0.05, 0) is 13.8 Å². The Hall–Kier alpha value is -1.23. The van der Waals surface area contributed by atoms with Gasteiger partial charge in [0.2, 0.25) is 0 Å². The molecule has 0 saturated carbocycles. The van der Waals surface area contributed by atoms with Crippen LogP contribution >= 0.6 is 0 Å². The van der Waals surface area contributed by atoms with Crippen LogP contribution in [0.15, 0.2) is 4.99 Å². The van der Waals surface area contributed by atoms with Crippen LogP contribution in [0.4, 0.5) is 0 Å². The number of carbonyl (C=O) groups is 2. The van der Waals surface area contributed by atoms with E-state index in [0.29, 0.717) is 5.71 Å². The van der Waals surface area contributed by atoms with Gasteiger partial charge >= 0.3 is 0 Å². The first-order valence-electron chi connectivity index (χ1n) is 4.10. The summed E-state index contributed by atoms with van der Waals surface area (Å²) in [5, 5.41) is 1.38. The van der Waals surface area contributed by atoms with Gasteiger partial charge in [-0.25, -0.2) is 5.43 Å². The summed E-state index contributed by atoms with van der Waals surface area (Å²) in [6.45, 7) is 3.37. The summed E-state index contributed by atoms with van der Waals surface area (Å²) in [4.78, 5) is 25.9. The zero-order chi connectivity index (χ0) is 10.0. The number of Topliss-reactive ketones (excluding diaryl/α,β-unsaturated/α-hetero) is 1. The molecule has 0 radical (unpaired) electrons. The summed E-state index contributed by atoms with van der Waals surface area (Å²) in [7, 11) is 1.63. The summed E-state index contributed by atoms with van der Waals surface area (Å²) >= 11 is 0. The largest absolute Gasteiger partial charge is 0.298 e. The molecule has 5 heteroatoms. The predicted octanol–water partition coefficient (Wildman–Crippen LogP) is -0.618. The van der Waals surface area contributed by atoms with Crippen molar-refractivity contribution in [3.8, 4) is 0 Å². The molecule has 13 heavy (non-hydrogen) atoms. The quantitative estimate of drug-likeness (QED) is 0.620. The summed E-state index contributed by atoms with van der Waals surface area (Å²) < 4.78 is 0. The lowest BCUT2D eigenvalue weighted by Crippen LogP contribution is -2.32. The third-order valence-electron chi connectivity index (χ3n) is 1.79. The van der Waals surface area contributed by atoms with Gasteiger partial charge in [-0.3, -0.25) is 19.6 Å². The van der Waals surface area contributed by atoms with E-state index < -0.39 is 0 Å². The zero-order valence-corrected chi connectivity index (χ0v) is 8.00. The van der Waals surface area contributed by atoms with Crippen molar-refractivity contribution in [1.82, 2.24) is 10.4 Å². The van der Waals surface area contributed by atoms with Gasteiger partial charge in [0.25, 0.3) is 5.91 Å². The lowest BCUT2D eigenvalue weighted by Gasteiger charge is -2.06. The van der Waals surface area contributed by atoms with Crippen LogP contribution in [0.3, 0.4) is 0 Å². The first-order chi connectivity index (χ1) is 6.02. The van der Waals surface area contributed by atoms with Crippen molar-refractivity contribution in [3.05, 3.63) is 0 Å². The molecule has 1 atom stereocenters. The van der Waals surface area contributed by atoms with E-state index in [0.717, 1.165) is 0 Å². The summed E-state index contributed by atoms with van der Waals surface area (Å²) in [6.07, 6.45) is 0. The monoisotopic (exact) mass is 183 g/mol. The average molecular weight is 183 g/mol. The highest BCUT2D eigenvalue weighted by molar-refractivity contribution is 6.42. The second-order valence-corrected chi connectivity index (χ2v) is 3.12. The van der Waals surface area contributed by atoms with E-state index >= 15 is 0 Å². The number of aliphatic imine (C=N–C) groups is 1. The Labute approximate surface area is 76.8 Å². The van der Waals surface area contributed by atoms with Crippen LogP contribution in [0.2, 0.25) is 0 Å². The van der Waals surface area contributed by atoms with Crippen molar-refractivity contribution < 1.29 is 9.59 Å². The van der Waals surface area contributed by atoms with Crippen molar-refractivity contribution in [2.75, 3.05) is 13.6 Å². The molecule has 72 valence electrons. The molecule has 0 bridgehead atoms. The molecule has 0 aromatic rings. The van der Waals surface area contributed by atoms with E-state index in [2.05, 4.69) is 10.4 Å². The van der Waals surface area contributed by atoms with Gasteiger partial charge in [-0.1, -0.05) is 0 Å². The number of rotatable bonds is 2. The van der Waals surface area contributed by atoms with E-state index in [9.17, 15) is 9.59 Å². The predicted molar refractivity (Wildman–Crippen MR) is 48.4 cm³/mol. The average Bonchev–Trinajstić information content (AvgIpc) is 2.24. The van der Waals surface area contributed by atoms with Gasteiger partial charge in [0.15, 0.2) is 5.78 Å². The third kappa shape index (κ3) is 2.12. The summed E-state index contributed by atoms with van der Waals surface area (Å²) in [6, 6.07) is -0.100. The van der Waals surface area contributed by atoms with Crippen molar-refractivity contribution >= 4 is 17.4 Å². The normalized spacial score (nSPS) is 25.8. The molecular weight excluding hydrogens is 170 g/mol. The van der Waals surface area contributed by atoms with E-state index in [1.54, 1.807) is 7.05 Å². The Bertz CT molecular complexity index is 273. The Morgan fingerprint density at radius 1 is 1.69 bits per heavy atom. The zero-order valence-electron chi connectivity index (χ0n) is 8.00. The SMILES string of the molecule is CC(=O)CN=C1C(=O)N(C)NC1C. The molecule has 1 amide bonds. The van der Waals surface area contributed by atoms with Gasteiger partial charge < -0.3 is 0 Å². The number of hydrogen-bond donors (Lipinski definition) is 1. The number of ketones is 1. The van der Waals surface area contributed by atoms with Crippen molar-refractivity contribution in [3.63, 3.8) is 0 Å². The van der Waals surface area contributed by atoms with Gasteiger partial charge in [0, 0.05) is 7.05 Å². The maximum atomic E-state index is 11.3. The number of hydrogen-bond acceptors (Lipinski definition) is 4. The fourth-order valence-corrected chi connectivity index (χ4v) is 1.17. The fraction of sp³-hybridized carbons (Fsp3) is 0.625. The highest BCUT2D eigenvalue weighted by Gasteiger charge is 2.30. The topological polar surface area (TPSA) is 61.8 Å². The highest BCUT2D eigenvalue weighted by atomic mass is 16.2. The molecule has 0 aliphatic carbocycles. The molecule has 0 spiro atoms. The molecule has 1 saturated heterocycles. The Morgan fingerprint density at radius 2 is 2.31 bits per heavy atom. The van der Waals surface area contributed by atoms with Gasteiger partial charge in [-0.15, -0.1) is 0 Å². The maximum Gasteiger partial charge on any atom is 0.283 e. The van der Waals surface area contributed by atoms with Gasteiger partial charge in [-0.2, -0.15) is 0 Å². The van der Waals surface area contributed by atoms with E-state index in [-0.39, 0.29) is 24.3 Å². The van der Waals surface area contributed by atoms with E-state index in [1.165, 1.54) is 11.9 Å². The highest BCUT2D eigenvalue weighted by Crippen LogP contribution is 2.02. The molecule has 1 rings (SSSR count). The Balaban J connectivity index is 2.73. The van der Waals surface area contributed by atoms with E-state index in [4.69, 9.17) is 0 Å². The van der Waals surface area contributed by atoms with Crippen LogP contribution in [0.1, 0.15) is 13.8 Å². The number of amides is 1. The van der Waals surface area contributed by atoms with Crippen LogP contribution in [0.25, 0.3) is 0 Å². The van der Waals surface area contributed by atoms with Crippen molar-refractivity contribution in [1.29, 1.82) is 0 Å². The molecule has 5 nitrogen and oxygen atoms in total. The third-order valence-corrected chi connectivity index (χ3v) is 1.79. The molecule has 0 aromatic carbocycles. The molecule has 0 aromatic heterocycles. The molecule has 1 N–H and O–H groups in total. The Kier molecular flexibility index (Phi) is 2.77. The molecular formula is C8H13N3O2. The minimum absolute atomic E-state index is 0.0398. The number of hydrazine groups is 1. The van der Waals surface area contributed by atoms with Gasteiger partial charge in [0.05, 0.1) is 12.6 Å². The second-order valence-electron chi connectivity index (χ2n) is 3.12. The summed E-state index contributed by atoms with van der Waals surface area (Å²) in [5.74, 6) is -0.198. The van der Waals surface area contributed by atoms with Crippen molar-refractivity contribution in [2.45, 2.75) is 19.9 Å². The van der Waals surface area contributed by atoms with Crippen LogP contribution in [0, 0.1) is 0 Å². The second kappa shape index (κ2) is 3.66. The number of carbonyl (C=O) groups excluding carboxylic acids is 2. The molecule has 1 heterocycles. The lowest BCUT2D eigenvalue weighted by atomic mass is 10.2. The number of nitrogens with zero attached hydrogens (tertiary/aromatic N) is 2. The standard InChI is InChI=1S/C8H13N3O2/c1-5(12)4-9-7-6(2)10-11(3)8(7)13/h6,10H,4H2,1-3H3. The van der Waals surface area contributed by atoms with Crippen LogP contribution in [0.5, 0.6) is 0 Å². The first-order valence-corrected chi connectivity index (χ1v) is 4.10. The molecule has 1 fully saturated rings. The Morgan fingerprint density at radius 3 is 2.69 bits per heavy atom. The lowest BCUT2D eigenvalue weighted by molar-refractivity contribution is -0.123. The number of nitrogens with one attached hydrogen (secondary N) is 1. The van der Waals surface area contributed by atoms with Crippen LogP contribution in [-0.4, -0.2) is 42.0 Å². The van der Waals surface area contributed by atoms with Crippen molar-refractivity contribution in [2.24, 2.45) is 4.99 Å². The minimum Gasteiger partial charge on any atom is -0.298 e. The maximum absolute atomic E-state index is 11.3. The van der Waals surface area contributed by atoms with Crippen LogP contribution in [-0.2, 0) is 9.59 Å². The minimum atomic E-state index is -0.159. The molecule has 1 unspecified atom stereocenters.